The molecule has 0 aromatic heterocycles. The van der Waals surface area contributed by atoms with Crippen LogP contribution in [0.1, 0.15) is 113 Å². The molecular weight excluding hydrogens is 961 g/mol. The Balaban J connectivity index is 0.965. The number of carbonyl (C=O) groups is 1. The Morgan fingerprint density at radius 1 is 0.630 bits per heavy atom. The quantitative estimate of drug-likeness (QED) is 0.0767. The van der Waals surface area contributed by atoms with Crippen molar-refractivity contribution in [2.75, 3.05) is 19.8 Å². The van der Waals surface area contributed by atoms with E-state index in [1.165, 1.54) is 5.57 Å². The van der Waals surface area contributed by atoms with Crippen LogP contribution in [0.5, 0.6) is 0 Å². The molecule has 4 saturated carbocycles. The number of rotatable bonds is 9. The van der Waals surface area contributed by atoms with E-state index in [1.807, 2.05) is 0 Å². The van der Waals surface area contributed by atoms with Gasteiger partial charge in [0.05, 0.1) is 43.5 Å². The second-order valence-corrected chi connectivity index (χ2v) is 25.5. The van der Waals surface area contributed by atoms with Crippen molar-refractivity contribution in [3.63, 3.8) is 0 Å². The number of aliphatic hydroxyl groups is 12. The first-order valence-electron chi connectivity index (χ1n) is 26.6. The van der Waals surface area contributed by atoms with Crippen LogP contribution in [0.4, 0.5) is 0 Å². The molecule has 9 rings (SSSR count). The van der Waals surface area contributed by atoms with Crippen LogP contribution in [-0.4, -0.2) is 210 Å². The summed E-state index contributed by atoms with van der Waals surface area (Å²) in [6, 6.07) is 0. The molecule has 0 radical (unpaired) electrons. The Morgan fingerprint density at radius 3 is 1.97 bits per heavy atom. The summed E-state index contributed by atoms with van der Waals surface area (Å²) >= 11 is 0. The molecule has 418 valence electrons. The highest BCUT2D eigenvalue weighted by Crippen LogP contribution is 2.76. The molecule has 4 heterocycles. The number of esters is 1. The Labute approximate surface area is 426 Å². The van der Waals surface area contributed by atoms with E-state index in [2.05, 4.69) is 54.5 Å². The normalized spacial score (nSPS) is 54.7. The molecule has 0 amide bonds. The maximum atomic E-state index is 14.7. The van der Waals surface area contributed by atoms with E-state index in [4.69, 9.17) is 37.9 Å². The lowest BCUT2D eigenvalue weighted by atomic mass is 9.33. The average Bonchev–Trinajstić information content (AvgIpc) is 3.32. The number of ether oxygens (including phenoxy) is 8. The standard InChI is InChI=1S/C52H84O21/c1-22-31(56)35(60)38(63)43(68-22)73-46(65)52-15-13-47(2,3)17-24(52)23-9-10-30-49(6)18-25(54)41(48(4,5)29(49)11-12-51(30,8)50(23,7)14-16-52)72-45-40(71-42-37(62)32(57)26(55)20-66-42)34(59)28(21-67-45)70-44-39(64)36(61)33(58)27(19-53)69-44/h9,22,24-45,53-64H,10-21H2,1-8H3. The van der Waals surface area contributed by atoms with E-state index in [-0.39, 0.29) is 34.0 Å². The van der Waals surface area contributed by atoms with Gasteiger partial charge >= 0.3 is 5.97 Å². The zero-order valence-electron chi connectivity index (χ0n) is 43.4. The van der Waals surface area contributed by atoms with Crippen LogP contribution in [0, 0.1) is 50.2 Å². The van der Waals surface area contributed by atoms with Crippen molar-refractivity contribution < 1.29 is 104 Å². The summed E-state index contributed by atoms with van der Waals surface area (Å²) in [5.74, 6) is -0.540. The smallest absolute Gasteiger partial charge is 0.315 e. The van der Waals surface area contributed by atoms with Crippen LogP contribution in [0.3, 0.4) is 0 Å². The highest BCUT2D eigenvalue weighted by atomic mass is 16.8. The Bertz CT molecular complexity index is 2020. The van der Waals surface area contributed by atoms with Crippen molar-refractivity contribution in [1.29, 1.82) is 0 Å². The van der Waals surface area contributed by atoms with Crippen molar-refractivity contribution >= 4 is 5.97 Å². The monoisotopic (exact) mass is 1040 g/mol. The molecule has 73 heavy (non-hydrogen) atoms. The van der Waals surface area contributed by atoms with Gasteiger partial charge in [0.2, 0.25) is 6.29 Å². The predicted molar refractivity (Wildman–Crippen MR) is 251 cm³/mol. The van der Waals surface area contributed by atoms with Crippen LogP contribution in [0.25, 0.3) is 0 Å². The maximum Gasteiger partial charge on any atom is 0.315 e. The number of hydrogen-bond acceptors (Lipinski definition) is 21. The summed E-state index contributed by atoms with van der Waals surface area (Å²) in [5, 5.41) is 129. The van der Waals surface area contributed by atoms with Crippen molar-refractivity contribution in [3.8, 4) is 0 Å². The topological polar surface area (TPSA) is 334 Å². The van der Waals surface area contributed by atoms with Gasteiger partial charge in [0.25, 0.3) is 0 Å². The van der Waals surface area contributed by atoms with E-state index in [9.17, 15) is 66.1 Å². The molecule has 4 aliphatic heterocycles. The Kier molecular flexibility index (Phi) is 15.4. The molecule has 21 nitrogen and oxygen atoms in total. The number of carbonyl (C=O) groups excluding carboxylic acids is 1. The maximum absolute atomic E-state index is 14.7. The fraction of sp³-hybridized carbons (Fsp3) is 0.942. The molecule has 27 unspecified atom stereocenters. The number of hydrogen-bond donors (Lipinski definition) is 12. The van der Waals surface area contributed by atoms with Crippen LogP contribution in [-0.2, 0) is 42.7 Å². The van der Waals surface area contributed by atoms with Crippen LogP contribution < -0.4 is 0 Å². The Morgan fingerprint density at radius 2 is 1.27 bits per heavy atom. The highest BCUT2D eigenvalue weighted by Gasteiger charge is 2.71. The van der Waals surface area contributed by atoms with E-state index in [0.717, 1.165) is 25.7 Å². The number of fused-ring (bicyclic) bond motifs is 7. The molecule has 0 spiro atoms. The van der Waals surface area contributed by atoms with Gasteiger partial charge in [-0.15, -0.1) is 0 Å². The summed E-state index contributed by atoms with van der Waals surface area (Å²) in [6.45, 7) is 15.6. The highest BCUT2D eigenvalue weighted by molar-refractivity contribution is 5.79. The zero-order valence-corrected chi connectivity index (χ0v) is 43.4. The third-order valence-electron chi connectivity index (χ3n) is 20.6. The molecule has 27 atom stereocenters. The molecule has 0 aromatic carbocycles. The third kappa shape index (κ3) is 9.10. The summed E-state index contributed by atoms with van der Waals surface area (Å²) in [4.78, 5) is 14.7. The largest absolute Gasteiger partial charge is 0.432 e. The summed E-state index contributed by atoms with van der Waals surface area (Å²) < 4.78 is 48.0. The van der Waals surface area contributed by atoms with E-state index in [1.54, 1.807) is 6.92 Å². The SMILES string of the molecule is CC1OC(OC(=O)C23CCC(C)(C)CC2C2=CCC4C5(C)CC(O)C(OC6OCC(OC7OC(CO)C(O)C(O)C7O)C(O)C6OC6OCC(O)C(O)C6O)C(C)(C)C5CCC4(C)C2(C)CC3)C(O)C(O)C1O. The molecule has 21 heteroatoms. The minimum Gasteiger partial charge on any atom is -0.432 e. The Hall–Kier alpha value is -1.55. The lowest BCUT2D eigenvalue weighted by Crippen LogP contribution is -2.68. The van der Waals surface area contributed by atoms with E-state index < -0.39 is 165 Å². The van der Waals surface area contributed by atoms with Gasteiger partial charge < -0.3 is 99.2 Å². The lowest BCUT2D eigenvalue weighted by molar-refractivity contribution is -0.380. The van der Waals surface area contributed by atoms with Gasteiger partial charge in [0, 0.05) is 0 Å². The molecule has 9 aliphatic rings. The summed E-state index contributed by atoms with van der Waals surface area (Å²) in [6.07, 6.45) is -21.1. The van der Waals surface area contributed by atoms with Crippen molar-refractivity contribution in [3.05, 3.63) is 11.6 Å². The van der Waals surface area contributed by atoms with Crippen molar-refractivity contribution in [2.24, 2.45) is 50.2 Å². The van der Waals surface area contributed by atoms with Crippen LogP contribution in [0.15, 0.2) is 11.6 Å². The first-order chi connectivity index (χ1) is 34.1. The fourth-order valence-electron chi connectivity index (χ4n) is 16.0. The van der Waals surface area contributed by atoms with Crippen molar-refractivity contribution in [1.82, 2.24) is 0 Å². The van der Waals surface area contributed by atoms with Crippen molar-refractivity contribution in [2.45, 2.75) is 236 Å². The second-order valence-electron chi connectivity index (χ2n) is 25.5. The lowest BCUT2D eigenvalue weighted by Gasteiger charge is -2.71. The van der Waals surface area contributed by atoms with Gasteiger partial charge in [-0.2, -0.15) is 0 Å². The molecule has 0 aromatic rings. The van der Waals surface area contributed by atoms with Gasteiger partial charge in [-0.25, -0.2) is 0 Å². The molecular formula is C52H84O21. The first kappa shape index (κ1) is 56.2. The van der Waals surface area contributed by atoms with E-state index in [0.29, 0.717) is 32.1 Å². The van der Waals surface area contributed by atoms with Gasteiger partial charge in [0.1, 0.15) is 79.4 Å². The second kappa shape index (κ2) is 20.0. The van der Waals surface area contributed by atoms with Gasteiger partial charge in [0.15, 0.2) is 18.9 Å². The molecule has 12 N–H and O–H groups in total. The summed E-state index contributed by atoms with van der Waals surface area (Å²) in [7, 11) is 0. The molecule has 5 aliphatic carbocycles. The average molecular weight is 1050 g/mol. The van der Waals surface area contributed by atoms with Crippen LogP contribution >= 0.6 is 0 Å². The molecule has 4 saturated heterocycles. The zero-order chi connectivity index (χ0) is 53.3. The molecule has 8 fully saturated rings. The minimum atomic E-state index is -1.80. The van der Waals surface area contributed by atoms with Gasteiger partial charge in [-0.3, -0.25) is 4.79 Å². The van der Waals surface area contributed by atoms with Crippen LogP contribution in [0.2, 0.25) is 0 Å². The number of aliphatic hydroxyl groups excluding tert-OH is 12. The molecule has 0 bridgehead atoms. The fourth-order valence-corrected chi connectivity index (χ4v) is 16.0. The third-order valence-corrected chi connectivity index (χ3v) is 20.6. The summed E-state index contributed by atoms with van der Waals surface area (Å²) in [5.41, 5.74) is -1.51. The van der Waals surface area contributed by atoms with E-state index >= 15 is 0 Å². The number of allylic oxidation sites excluding steroid dienone is 2. The first-order valence-corrected chi connectivity index (χ1v) is 26.6. The van der Waals surface area contributed by atoms with Gasteiger partial charge in [-0.05, 0) is 110 Å². The minimum absolute atomic E-state index is 0.00948. The predicted octanol–water partition coefficient (Wildman–Crippen LogP) is -0.759. The van der Waals surface area contributed by atoms with Gasteiger partial charge in [-0.1, -0.05) is 60.1 Å².